The third kappa shape index (κ3) is 6.11. The summed E-state index contributed by atoms with van der Waals surface area (Å²) in [5.74, 6) is 0. The van der Waals surface area contributed by atoms with Gasteiger partial charge in [-0.1, -0.05) is 200 Å². The highest BCUT2D eigenvalue weighted by atomic mass is 16.3. The maximum atomic E-state index is 6.58. The van der Waals surface area contributed by atoms with Crippen LogP contribution in [0.5, 0.6) is 0 Å². The van der Waals surface area contributed by atoms with Crippen molar-refractivity contribution in [2.75, 3.05) is 4.90 Å². The summed E-state index contributed by atoms with van der Waals surface area (Å²) in [6, 6.07) is 90.3. The Hall–Kier alpha value is -8.72. The lowest BCUT2D eigenvalue weighted by molar-refractivity contribution is 0.669. The molecule has 1 aromatic heterocycles. The van der Waals surface area contributed by atoms with Gasteiger partial charge in [-0.2, -0.15) is 0 Å². The van der Waals surface area contributed by atoms with Gasteiger partial charge in [-0.3, -0.25) is 0 Å². The van der Waals surface area contributed by atoms with E-state index in [-0.39, 0.29) is 0 Å². The normalized spacial score (nSPS) is 11.6. The standard InChI is InChI=1S/C64H41NO/c1-3-19-42(20-4-1)61-55-32-11-7-27-49(55)51-29-9-13-34-57(51)63(61)44-23-17-25-46(39-44)65(48-37-38-54-53-31-15-16-36-59(53)66-60(54)41-48)47-26-18-24-45(40-47)64-58-35-14-10-30-52(58)50-28-8-12-33-56(50)62(64)43-21-5-2-6-22-43/h1-41H. The van der Waals surface area contributed by atoms with Gasteiger partial charge in [0.2, 0.25) is 0 Å². The Morgan fingerprint density at radius 1 is 0.212 bits per heavy atom. The minimum absolute atomic E-state index is 0.852. The zero-order chi connectivity index (χ0) is 43.6. The van der Waals surface area contributed by atoms with E-state index in [2.05, 4.69) is 248 Å². The van der Waals surface area contributed by atoms with E-state index in [0.29, 0.717) is 0 Å². The predicted octanol–water partition coefficient (Wildman–Crippen LogP) is 18.3. The second-order valence-electron chi connectivity index (χ2n) is 17.1. The molecule has 0 unspecified atom stereocenters. The Morgan fingerprint density at radius 2 is 0.545 bits per heavy atom. The van der Waals surface area contributed by atoms with Crippen molar-refractivity contribution < 1.29 is 4.42 Å². The van der Waals surface area contributed by atoms with Gasteiger partial charge < -0.3 is 9.32 Å². The van der Waals surface area contributed by atoms with Crippen molar-refractivity contribution in [3.63, 3.8) is 0 Å². The second kappa shape index (κ2) is 15.5. The highest BCUT2D eigenvalue weighted by Gasteiger charge is 2.23. The molecule has 0 fully saturated rings. The number of para-hydroxylation sites is 1. The average Bonchev–Trinajstić information content (AvgIpc) is 3.76. The molecule has 66 heavy (non-hydrogen) atoms. The van der Waals surface area contributed by atoms with Gasteiger partial charge in [-0.05, 0) is 130 Å². The lowest BCUT2D eigenvalue weighted by atomic mass is 9.84. The Balaban J connectivity index is 1.08. The Kier molecular flexibility index (Phi) is 8.89. The lowest BCUT2D eigenvalue weighted by Gasteiger charge is -2.27. The summed E-state index contributed by atoms with van der Waals surface area (Å²) in [6.45, 7) is 0. The van der Waals surface area contributed by atoms with Crippen molar-refractivity contribution in [3.05, 3.63) is 249 Å². The molecule has 0 saturated carbocycles. The van der Waals surface area contributed by atoms with Crippen LogP contribution >= 0.6 is 0 Å². The van der Waals surface area contributed by atoms with Crippen LogP contribution in [-0.2, 0) is 0 Å². The second-order valence-corrected chi connectivity index (χ2v) is 17.1. The number of furan rings is 1. The Bertz CT molecular complexity index is 3790. The van der Waals surface area contributed by atoms with Crippen molar-refractivity contribution in [2.24, 2.45) is 0 Å². The van der Waals surface area contributed by atoms with Gasteiger partial charge in [-0.25, -0.2) is 0 Å². The third-order valence-corrected chi connectivity index (χ3v) is 13.4. The molecule has 2 nitrogen and oxygen atoms in total. The van der Waals surface area contributed by atoms with Crippen LogP contribution in [0.3, 0.4) is 0 Å². The number of hydrogen-bond donors (Lipinski definition) is 0. The first-order valence-electron chi connectivity index (χ1n) is 22.7. The summed E-state index contributed by atoms with van der Waals surface area (Å²) in [5.41, 5.74) is 14.4. The predicted molar refractivity (Wildman–Crippen MR) is 280 cm³/mol. The lowest BCUT2D eigenvalue weighted by Crippen LogP contribution is -2.10. The molecule has 0 N–H and O–H groups in total. The molecule has 13 aromatic rings. The summed E-state index contributed by atoms with van der Waals surface area (Å²) in [4.78, 5) is 2.40. The van der Waals surface area contributed by atoms with E-state index in [9.17, 15) is 0 Å². The van der Waals surface area contributed by atoms with E-state index >= 15 is 0 Å². The van der Waals surface area contributed by atoms with Crippen molar-refractivity contribution >= 4 is 82.1 Å². The van der Waals surface area contributed by atoms with Crippen LogP contribution < -0.4 is 4.90 Å². The highest BCUT2D eigenvalue weighted by Crippen LogP contribution is 2.49. The number of nitrogens with zero attached hydrogens (tertiary/aromatic N) is 1. The van der Waals surface area contributed by atoms with Crippen molar-refractivity contribution in [2.45, 2.75) is 0 Å². The number of anilines is 3. The monoisotopic (exact) mass is 839 g/mol. The number of fused-ring (bicyclic) bond motifs is 9. The van der Waals surface area contributed by atoms with Crippen LogP contribution in [0.1, 0.15) is 0 Å². The van der Waals surface area contributed by atoms with Crippen LogP contribution in [0.2, 0.25) is 0 Å². The highest BCUT2D eigenvalue weighted by molar-refractivity contribution is 6.23. The zero-order valence-electron chi connectivity index (χ0n) is 36.0. The minimum atomic E-state index is 0.852. The fourth-order valence-corrected chi connectivity index (χ4v) is 10.6. The van der Waals surface area contributed by atoms with E-state index in [1.165, 1.54) is 76.5 Å². The number of hydrogen-bond acceptors (Lipinski definition) is 2. The molecule has 0 aliphatic heterocycles. The van der Waals surface area contributed by atoms with Crippen molar-refractivity contribution in [1.82, 2.24) is 0 Å². The fraction of sp³-hybridized carbons (Fsp3) is 0. The molecule has 308 valence electrons. The van der Waals surface area contributed by atoms with Crippen molar-refractivity contribution in [1.29, 1.82) is 0 Å². The van der Waals surface area contributed by atoms with E-state index in [0.717, 1.165) is 50.1 Å². The van der Waals surface area contributed by atoms with E-state index < -0.39 is 0 Å². The molecule has 0 spiro atoms. The maximum absolute atomic E-state index is 6.58. The quantitative estimate of drug-likeness (QED) is 0.149. The molecule has 0 aliphatic carbocycles. The van der Waals surface area contributed by atoms with Gasteiger partial charge >= 0.3 is 0 Å². The molecule has 13 rings (SSSR count). The largest absolute Gasteiger partial charge is 0.456 e. The summed E-state index contributed by atoms with van der Waals surface area (Å²) in [7, 11) is 0. The molecule has 2 heteroatoms. The summed E-state index contributed by atoms with van der Waals surface area (Å²) in [5, 5.41) is 12.1. The minimum Gasteiger partial charge on any atom is -0.456 e. The van der Waals surface area contributed by atoms with Gasteiger partial charge in [0, 0.05) is 33.9 Å². The van der Waals surface area contributed by atoms with Gasteiger partial charge in [0.25, 0.3) is 0 Å². The number of rotatable bonds is 7. The van der Waals surface area contributed by atoms with E-state index in [1.807, 2.05) is 6.07 Å². The molecule has 0 radical (unpaired) electrons. The molecule has 0 saturated heterocycles. The van der Waals surface area contributed by atoms with Crippen LogP contribution in [0.4, 0.5) is 17.1 Å². The SMILES string of the molecule is c1ccc(-c2c(-c3cccc(N(c4cccc(-c5c(-c6ccccc6)c6ccccc6c6ccccc56)c4)c4ccc5c(c4)oc4ccccc45)c3)c3ccccc3c3ccccc23)cc1. The van der Waals surface area contributed by atoms with E-state index in [4.69, 9.17) is 4.42 Å². The smallest absolute Gasteiger partial charge is 0.137 e. The molecule has 0 amide bonds. The summed E-state index contributed by atoms with van der Waals surface area (Å²) in [6.07, 6.45) is 0. The summed E-state index contributed by atoms with van der Waals surface area (Å²) >= 11 is 0. The van der Waals surface area contributed by atoms with Crippen LogP contribution in [-0.4, -0.2) is 0 Å². The maximum Gasteiger partial charge on any atom is 0.137 e. The summed E-state index contributed by atoms with van der Waals surface area (Å²) < 4.78 is 6.58. The number of benzene rings is 12. The molecule has 1 heterocycles. The van der Waals surface area contributed by atoms with Gasteiger partial charge in [0.05, 0.1) is 0 Å². The molecule has 0 aliphatic rings. The fourth-order valence-electron chi connectivity index (χ4n) is 10.6. The molecule has 0 bridgehead atoms. The first-order valence-corrected chi connectivity index (χ1v) is 22.7. The Labute approximate surface area is 382 Å². The van der Waals surface area contributed by atoms with Crippen LogP contribution in [0, 0.1) is 0 Å². The van der Waals surface area contributed by atoms with Crippen LogP contribution in [0.15, 0.2) is 253 Å². The first kappa shape index (κ1) is 37.8. The Morgan fingerprint density at radius 3 is 1.00 bits per heavy atom. The van der Waals surface area contributed by atoms with Crippen LogP contribution in [0.25, 0.3) is 110 Å². The molecular formula is C64H41NO. The topological polar surface area (TPSA) is 16.4 Å². The van der Waals surface area contributed by atoms with Gasteiger partial charge in [0.15, 0.2) is 0 Å². The zero-order valence-corrected chi connectivity index (χ0v) is 36.0. The molecule has 0 atom stereocenters. The third-order valence-electron chi connectivity index (χ3n) is 13.4. The van der Waals surface area contributed by atoms with Crippen molar-refractivity contribution in [3.8, 4) is 44.5 Å². The van der Waals surface area contributed by atoms with Gasteiger partial charge in [0.1, 0.15) is 11.2 Å². The molecule has 12 aromatic carbocycles. The average molecular weight is 840 g/mol. The molecular weight excluding hydrogens is 799 g/mol. The van der Waals surface area contributed by atoms with E-state index in [1.54, 1.807) is 0 Å². The first-order chi connectivity index (χ1) is 32.8. The van der Waals surface area contributed by atoms with Gasteiger partial charge in [-0.15, -0.1) is 0 Å².